The van der Waals surface area contributed by atoms with Gasteiger partial charge < -0.3 is 19.9 Å². The molecule has 2 aromatic heterocycles. The van der Waals surface area contributed by atoms with Gasteiger partial charge in [0.1, 0.15) is 5.69 Å². The molecule has 1 aliphatic carbocycles. The van der Waals surface area contributed by atoms with Gasteiger partial charge in [-0.15, -0.1) is 0 Å². The highest BCUT2D eigenvalue weighted by Crippen LogP contribution is 2.51. The fraction of sp³-hybridized carbons (Fsp3) is 0.381. The van der Waals surface area contributed by atoms with E-state index in [1.54, 1.807) is 0 Å². The molecular formula is C21H20N4O3S. The first-order valence-corrected chi connectivity index (χ1v) is 10.7. The number of hydrogen-bond acceptors (Lipinski definition) is 5. The molecule has 3 aliphatic rings. The maximum Gasteiger partial charge on any atom is 0.270 e. The molecule has 8 heteroatoms. The monoisotopic (exact) mass is 408 g/mol. The SMILES string of the molecule is O=C(Nc1nc2c(s1)CN(C(=O)c1cc3ccccc3[nH]1)CC2)C1[C@H]2COC[C@@H]12. The molecule has 2 aliphatic heterocycles. The molecule has 2 amide bonds. The number of carbonyl (C=O) groups excluding carboxylic acids is 2. The highest BCUT2D eigenvalue weighted by Gasteiger charge is 2.58. The van der Waals surface area contributed by atoms with Crippen molar-refractivity contribution in [2.24, 2.45) is 17.8 Å². The Hall–Kier alpha value is -2.71. The Kier molecular flexibility index (Phi) is 3.79. The van der Waals surface area contributed by atoms with E-state index < -0.39 is 0 Å². The Morgan fingerprint density at radius 3 is 2.90 bits per heavy atom. The molecule has 7 nitrogen and oxygen atoms in total. The topological polar surface area (TPSA) is 87.3 Å². The number of carbonyl (C=O) groups is 2. The Morgan fingerprint density at radius 1 is 1.24 bits per heavy atom. The molecule has 3 aromatic rings. The summed E-state index contributed by atoms with van der Waals surface area (Å²) in [6.07, 6.45) is 0.705. The fourth-order valence-corrected chi connectivity index (χ4v) is 5.63. The lowest BCUT2D eigenvalue weighted by molar-refractivity contribution is -0.118. The number of H-pyrrole nitrogens is 1. The average molecular weight is 408 g/mol. The van der Waals surface area contributed by atoms with E-state index in [1.165, 1.54) is 11.3 Å². The summed E-state index contributed by atoms with van der Waals surface area (Å²) in [5.41, 5.74) is 2.56. The van der Waals surface area contributed by atoms with Gasteiger partial charge in [0, 0.05) is 34.7 Å². The van der Waals surface area contributed by atoms with Gasteiger partial charge in [-0.25, -0.2) is 4.98 Å². The predicted octanol–water partition coefficient (Wildman–Crippen LogP) is 2.65. The number of nitrogens with zero attached hydrogens (tertiary/aromatic N) is 2. The zero-order chi connectivity index (χ0) is 19.5. The van der Waals surface area contributed by atoms with E-state index in [0.717, 1.165) is 21.5 Å². The number of benzene rings is 1. The molecule has 0 radical (unpaired) electrons. The molecular weight excluding hydrogens is 388 g/mol. The molecule has 0 spiro atoms. The Bertz CT molecular complexity index is 1090. The van der Waals surface area contributed by atoms with Crippen LogP contribution in [-0.2, 0) is 22.5 Å². The van der Waals surface area contributed by atoms with Crippen LogP contribution in [0, 0.1) is 17.8 Å². The number of ether oxygens (including phenoxy) is 1. The largest absolute Gasteiger partial charge is 0.381 e. The summed E-state index contributed by atoms with van der Waals surface area (Å²) < 4.78 is 5.36. The molecule has 1 unspecified atom stereocenters. The van der Waals surface area contributed by atoms with E-state index >= 15 is 0 Å². The van der Waals surface area contributed by atoms with Crippen molar-refractivity contribution in [2.45, 2.75) is 13.0 Å². The van der Waals surface area contributed by atoms with Crippen LogP contribution in [0.3, 0.4) is 0 Å². The summed E-state index contributed by atoms with van der Waals surface area (Å²) in [7, 11) is 0. The molecule has 148 valence electrons. The first-order valence-electron chi connectivity index (χ1n) is 9.91. The van der Waals surface area contributed by atoms with Crippen molar-refractivity contribution >= 4 is 39.2 Å². The minimum atomic E-state index is -0.00311. The van der Waals surface area contributed by atoms with E-state index in [-0.39, 0.29) is 17.7 Å². The molecule has 1 aromatic carbocycles. The Labute approximate surface area is 171 Å². The van der Waals surface area contributed by atoms with E-state index in [2.05, 4.69) is 15.3 Å². The molecule has 1 saturated carbocycles. The van der Waals surface area contributed by atoms with Gasteiger partial charge in [0.15, 0.2) is 5.13 Å². The molecule has 2 N–H and O–H groups in total. The number of fused-ring (bicyclic) bond motifs is 3. The number of rotatable bonds is 3. The minimum absolute atomic E-state index is 0.00311. The van der Waals surface area contributed by atoms with E-state index in [9.17, 15) is 9.59 Å². The van der Waals surface area contributed by atoms with Crippen LogP contribution in [0.1, 0.15) is 21.1 Å². The summed E-state index contributed by atoms with van der Waals surface area (Å²) in [6.45, 7) is 2.55. The standard InChI is InChI=1S/C21H20N4O3S/c26-19(18-12-9-28-10-13(12)18)24-21-23-15-5-6-25(8-17(15)29-21)20(27)16-7-11-3-1-2-4-14(11)22-16/h1-4,7,12-13,18,22H,5-6,8-10H2,(H,23,24,26)/t12-,13+,18?. The number of aromatic nitrogens is 2. The summed E-state index contributed by atoms with van der Waals surface area (Å²) >= 11 is 1.48. The van der Waals surface area contributed by atoms with Crippen LogP contribution in [0.4, 0.5) is 5.13 Å². The van der Waals surface area contributed by atoms with Gasteiger partial charge in [-0.2, -0.15) is 0 Å². The van der Waals surface area contributed by atoms with Crippen LogP contribution in [-0.4, -0.2) is 46.4 Å². The summed E-state index contributed by atoms with van der Waals surface area (Å²) in [5.74, 6) is 0.893. The fourth-order valence-electron chi connectivity index (χ4n) is 4.60. The van der Waals surface area contributed by atoms with Gasteiger partial charge >= 0.3 is 0 Å². The molecule has 3 atom stereocenters. The van der Waals surface area contributed by atoms with Crippen LogP contribution in [0.15, 0.2) is 30.3 Å². The highest BCUT2D eigenvalue weighted by atomic mass is 32.1. The van der Waals surface area contributed by atoms with Gasteiger partial charge in [0.05, 0.1) is 25.5 Å². The molecule has 2 fully saturated rings. The van der Waals surface area contributed by atoms with Crippen LogP contribution >= 0.6 is 11.3 Å². The maximum atomic E-state index is 13.0. The number of nitrogens with one attached hydrogen (secondary N) is 2. The normalized spacial score (nSPS) is 25.0. The lowest BCUT2D eigenvalue weighted by Crippen LogP contribution is -2.35. The van der Waals surface area contributed by atoms with Crippen molar-refractivity contribution in [3.63, 3.8) is 0 Å². The lowest BCUT2D eigenvalue weighted by Gasteiger charge is -2.25. The molecule has 0 bridgehead atoms. The van der Waals surface area contributed by atoms with Gasteiger partial charge in [0.25, 0.3) is 5.91 Å². The summed E-state index contributed by atoms with van der Waals surface area (Å²) in [5, 5.41) is 4.66. The summed E-state index contributed by atoms with van der Waals surface area (Å²) in [6, 6.07) is 9.79. The lowest BCUT2D eigenvalue weighted by atomic mass is 10.1. The number of para-hydroxylation sites is 1. The van der Waals surface area contributed by atoms with E-state index in [4.69, 9.17) is 4.74 Å². The zero-order valence-electron chi connectivity index (χ0n) is 15.7. The van der Waals surface area contributed by atoms with Gasteiger partial charge in [-0.1, -0.05) is 29.5 Å². The van der Waals surface area contributed by atoms with Crippen LogP contribution < -0.4 is 5.32 Å². The van der Waals surface area contributed by atoms with Crippen molar-refractivity contribution < 1.29 is 14.3 Å². The summed E-state index contributed by atoms with van der Waals surface area (Å²) in [4.78, 5) is 36.2. The number of anilines is 1. The first kappa shape index (κ1) is 17.2. The average Bonchev–Trinajstić information content (AvgIpc) is 3.15. The van der Waals surface area contributed by atoms with Crippen molar-refractivity contribution in [1.82, 2.24) is 14.9 Å². The number of aromatic amines is 1. The minimum Gasteiger partial charge on any atom is -0.381 e. The highest BCUT2D eigenvalue weighted by molar-refractivity contribution is 7.15. The van der Waals surface area contributed by atoms with Crippen molar-refractivity contribution in [1.29, 1.82) is 0 Å². The zero-order valence-corrected chi connectivity index (χ0v) is 16.5. The molecule has 4 heterocycles. The number of thiazole rings is 1. The number of hydrogen-bond donors (Lipinski definition) is 2. The second-order valence-electron chi connectivity index (χ2n) is 8.02. The third-order valence-electron chi connectivity index (χ3n) is 6.26. The van der Waals surface area contributed by atoms with Crippen LogP contribution in [0.25, 0.3) is 10.9 Å². The van der Waals surface area contributed by atoms with E-state index in [1.807, 2.05) is 35.2 Å². The van der Waals surface area contributed by atoms with Crippen molar-refractivity contribution in [2.75, 3.05) is 25.1 Å². The second kappa shape index (κ2) is 6.40. The quantitative estimate of drug-likeness (QED) is 0.698. The van der Waals surface area contributed by atoms with Crippen molar-refractivity contribution in [3.8, 4) is 0 Å². The van der Waals surface area contributed by atoms with Gasteiger partial charge in [0.2, 0.25) is 5.91 Å². The van der Waals surface area contributed by atoms with Crippen molar-refractivity contribution in [3.05, 3.63) is 46.6 Å². The van der Waals surface area contributed by atoms with Gasteiger partial charge in [-0.3, -0.25) is 9.59 Å². The molecule has 1 saturated heterocycles. The Balaban J connectivity index is 1.16. The third-order valence-corrected chi connectivity index (χ3v) is 7.26. The third kappa shape index (κ3) is 2.86. The van der Waals surface area contributed by atoms with E-state index in [0.29, 0.717) is 55.4 Å². The molecule has 6 rings (SSSR count). The first-order chi connectivity index (χ1) is 14.2. The maximum absolute atomic E-state index is 13.0. The molecule has 29 heavy (non-hydrogen) atoms. The Morgan fingerprint density at radius 2 is 2.07 bits per heavy atom. The number of amides is 2. The predicted molar refractivity (Wildman–Crippen MR) is 109 cm³/mol. The van der Waals surface area contributed by atoms with Crippen LogP contribution in [0.2, 0.25) is 0 Å². The smallest absolute Gasteiger partial charge is 0.270 e. The second-order valence-corrected chi connectivity index (χ2v) is 9.10. The van der Waals surface area contributed by atoms with Crippen LogP contribution in [0.5, 0.6) is 0 Å². The van der Waals surface area contributed by atoms with Gasteiger partial charge in [-0.05, 0) is 24.0 Å².